The lowest BCUT2D eigenvalue weighted by atomic mass is 10.5. The topological polar surface area (TPSA) is 27.7 Å². The first kappa shape index (κ1) is 10.9. The summed E-state index contributed by atoms with van der Waals surface area (Å²) in [7, 11) is 1.66. The average molecular weight is 161 g/mol. The second kappa shape index (κ2) is 9.88. The lowest BCUT2D eigenvalue weighted by molar-refractivity contribution is 0.0296. The van der Waals surface area contributed by atoms with E-state index in [1.165, 1.54) is 0 Å². The fourth-order valence-electron chi connectivity index (χ4n) is 0.563. The summed E-state index contributed by atoms with van der Waals surface area (Å²) in [5.74, 6) is 0. The van der Waals surface area contributed by atoms with Crippen LogP contribution < -0.4 is 0 Å². The summed E-state index contributed by atoms with van der Waals surface area (Å²) >= 11 is 0. The Balaban J connectivity index is 2.69. The van der Waals surface area contributed by atoms with Crippen LogP contribution in [0.15, 0.2) is 0 Å². The van der Waals surface area contributed by atoms with E-state index in [1.807, 2.05) is 13.3 Å². The summed E-state index contributed by atoms with van der Waals surface area (Å²) in [6, 6.07) is 0. The molecular weight excluding hydrogens is 144 g/mol. The summed E-state index contributed by atoms with van der Waals surface area (Å²) in [4.78, 5) is 0. The molecule has 67 valence electrons. The van der Waals surface area contributed by atoms with Crippen molar-refractivity contribution in [3.63, 3.8) is 0 Å². The molecule has 1 radical (unpaired) electrons. The molecule has 0 rings (SSSR count). The van der Waals surface area contributed by atoms with Crippen LogP contribution in [0.2, 0.25) is 0 Å². The van der Waals surface area contributed by atoms with Gasteiger partial charge in [-0.25, -0.2) is 0 Å². The van der Waals surface area contributed by atoms with Gasteiger partial charge in [-0.1, -0.05) is 6.92 Å². The summed E-state index contributed by atoms with van der Waals surface area (Å²) in [5, 5.41) is 0. The van der Waals surface area contributed by atoms with Crippen molar-refractivity contribution in [2.24, 2.45) is 0 Å². The van der Waals surface area contributed by atoms with E-state index in [9.17, 15) is 0 Å². The molecule has 0 saturated carbocycles. The molecule has 0 amide bonds. The lowest BCUT2D eigenvalue weighted by Gasteiger charge is -2.03. The zero-order chi connectivity index (χ0) is 8.36. The largest absolute Gasteiger partial charge is 0.382 e. The number of ether oxygens (including phenoxy) is 3. The summed E-state index contributed by atoms with van der Waals surface area (Å²) in [6.45, 7) is 5.28. The second-order valence-corrected chi connectivity index (χ2v) is 2.09. The van der Waals surface area contributed by atoms with Gasteiger partial charge in [-0.3, -0.25) is 0 Å². The predicted octanol–water partition coefficient (Wildman–Crippen LogP) is 0.890. The maximum atomic E-state index is 5.16. The van der Waals surface area contributed by atoms with Crippen molar-refractivity contribution < 1.29 is 14.2 Å². The highest BCUT2D eigenvalue weighted by Crippen LogP contribution is 1.80. The zero-order valence-electron chi connectivity index (χ0n) is 7.34. The Labute approximate surface area is 68.6 Å². The van der Waals surface area contributed by atoms with Crippen LogP contribution >= 0.6 is 0 Å². The van der Waals surface area contributed by atoms with Crippen LogP contribution in [-0.4, -0.2) is 40.1 Å². The summed E-state index contributed by atoms with van der Waals surface area (Å²) in [6.07, 6.45) is 1.97. The van der Waals surface area contributed by atoms with E-state index in [0.29, 0.717) is 33.0 Å². The Hall–Kier alpha value is -0.120. The molecule has 0 N–H and O–H groups in total. The van der Waals surface area contributed by atoms with Gasteiger partial charge in [0.15, 0.2) is 0 Å². The monoisotopic (exact) mass is 161 g/mol. The van der Waals surface area contributed by atoms with E-state index in [-0.39, 0.29) is 0 Å². The van der Waals surface area contributed by atoms with Gasteiger partial charge in [-0.05, 0) is 6.42 Å². The highest BCUT2D eigenvalue weighted by molar-refractivity contribution is 4.50. The van der Waals surface area contributed by atoms with Crippen LogP contribution in [0.3, 0.4) is 0 Å². The van der Waals surface area contributed by atoms with Crippen molar-refractivity contribution in [1.29, 1.82) is 0 Å². The van der Waals surface area contributed by atoms with Crippen LogP contribution in [0.4, 0.5) is 0 Å². The minimum absolute atomic E-state index is 0.649. The smallest absolute Gasteiger partial charge is 0.0701 e. The van der Waals surface area contributed by atoms with Crippen molar-refractivity contribution in [3.05, 3.63) is 6.42 Å². The first-order valence-corrected chi connectivity index (χ1v) is 3.84. The van der Waals surface area contributed by atoms with Gasteiger partial charge in [-0.2, -0.15) is 0 Å². The minimum atomic E-state index is 0.649. The van der Waals surface area contributed by atoms with Crippen LogP contribution in [0.1, 0.15) is 6.92 Å². The molecule has 11 heavy (non-hydrogen) atoms. The lowest BCUT2D eigenvalue weighted by Crippen LogP contribution is -2.08. The van der Waals surface area contributed by atoms with Crippen molar-refractivity contribution in [1.82, 2.24) is 0 Å². The van der Waals surface area contributed by atoms with Crippen molar-refractivity contribution in [2.75, 3.05) is 40.1 Å². The molecule has 0 atom stereocenters. The SMILES string of the molecule is C[CH]COCCOCCOC. The van der Waals surface area contributed by atoms with Crippen molar-refractivity contribution >= 4 is 0 Å². The number of methoxy groups -OCH3 is 1. The maximum Gasteiger partial charge on any atom is 0.0701 e. The normalized spacial score (nSPS) is 10.4. The Morgan fingerprint density at radius 3 is 2.27 bits per heavy atom. The third-order valence-electron chi connectivity index (χ3n) is 1.09. The Kier molecular flexibility index (Phi) is 9.77. The van der Waals surface area contributed by atoms with Crippen molar-refractivity contribution in [3.8, 4) is 0 Å². The first-order chi connectivity index (χ1) is 5.41. The molecule has 0 spiro atoms. The second-order valence-electron chi connectivity index (χ2n) is 2.09. The van der Waals surface area contributed by atoms with E-state index in [4.69, 9.17) is 14.2 Å². The highest BCUT2D eigenvalue weighted by atomic mass is 16.5. The Bertz CT molecular complexity index is 58.4. The van der Waals surface area contributed by atoms with Gasteiger partial charge >= 0.3 is 0 Å². The van der Waals surface area contributed by atoms with E-state index in [1.54, 1.807) is 7.11 Å². The van der Waals surface area contributed by atoms with Crippen LogP contribution in [0.25, 0.3) is 0 Å². The molecule has 0 heterocycles. The van der Waals surface area contributed by atoms with Gasteiger partial charge in [0.05, 0.1) is 26.4 Å². The molecule has 0 aromatic carbocycles. The fraction of sp³-hybridized carbons (Fsp3) is 0.875. The molecule has 0 fully saturated rings. The molecular formula is C8H17O3. The molecule has 0 bridgehead atoms. The molecule has 0 aromatic rings. The Morgan fingerprint density at radius 2 is 1.64 bits per heavy atom. The number of rotatable bonds is 8. The summed E-state index contributed by atoms with van der Waals surface area (Å²) < 4.78 is 15.1. The van der Waals surface area contributed by atoms with Gasteiger partial charge in [0, 0.05) is 13.7 Å². The third kappa shape index (κ3) is 9.88. The Morgan fingerprint density at radius 1 is 1.00 bits per heavy atom. The van der Waals surface area contributed by atoms with Gasteiger partial charge < -0.3 is 14.2 Å². The highest BCUT2D eigenvalue weighted by Gasteiger charge is 1.87. The molecule has 0 aliphatic rings. The molecule has 3 heteroatoms. The standard InChI is InChI=1S/C8H17O3/c1-3-4-10-7-8-11-6-5-9-2/h3H,4-8H2,1-2H3. The third-order valence-corrected chi connectivity index (χ3v) is 1.09. The van der Waals surface area contributed by atoms with E-state index in [0.717, 1.165) is 0 Å². The number of hydrogen-bond donors (Lipinski definition) is 0. The van der Waals surface area contributed by atoms with Crippen LogP contribution in [-0.2, 0) is 14.2 Å². The average Bonchev–Trinajstić information content (AvgIpc) is 2.03. The van der Waals surface area contributed by atoms with Crippen molar-refractivity contribution in [2.45, 2.75) is 6.92 Å². The first-order valence-electron chi connectivity index (χ1n) is 3.84. The molecule has 0 aromatic heterocycles. The number of hydrogen-bond acceptors (Lipinski definition) is 3. The quantitative estimate of drug-likeness (QED) is 0.495. The maximum absolute atomic E-state index is 5.16. The fourth-order valence-corrected chi connectivity index (χ4v) is 0.563. The molecule has 0 aliphatic heterocycles. The van der Waals surface area contributed by atoms with E-state index < -0.39 is 0 Å². The van der Waals surface area contributed by atoms with Gasteiger partial charge in [0.1, 0.15) is 0 Å². The predicted molar refractivity (Wildman–Crippen MR) is 43.5 cm³/mol. The van der Waals surface area contributed by atoms with Gasteiger partial charge in [0.25, 0.3) is 0 Å². The molecule has 3 nitrogen and oxygen atoms in total. The molecule has 0 saturated heterocycles. The van der Waals surface area contributed by atoms with E-state index in [2.05, 4.69) is 0 Å². The van der Waals surface area contributed by atoms with Gasteiger partial charge in [0.2, 0.25) is 0 Å². The van der Waals surface area contributed by atoms with Crippen LogP contribution in [0.5, 0.6) is 0 Å². The van der Waals surface area contributed by atoms with Gasteiger partial charge in [-0.15, -0.1) is 0 Å². The van der Waals surface area contributed by atoms with Crippen LogP contribution in [0, 0.1) is 6.42 Å². The molecule has 0 unspecified atom stereocenters. The minimum Gasteiger partial charge on any atom is -0.382 e. The molecule has 0 aliphatic carbocycles. The summed E-state index contributed by atoms with van der Waals surface area (Å²) in [5.41, 5.74) is 0. The van der Waals surface area contributed by atoms with E-state index >= 15 is 0 Å². The zero-order valence-corrected chi connectivity index (χ0v) is 7.34.